The summed E-state index contributed by atoms with van der Waals surface area (Å²) in [5.41, 5.74) is 0.0907. The normalized spacial score (nSPS) is 18.6. The van der Waals surface area contributed by atoms with Gasteiger partial charge in [0.2, 0.25) is 0 Å². The van der Waals surface area contributed by atoms with Gasteiger partial charge in [-0.2, -0.15) is 0 Å². The second kappa shape index (κ2) is 5.47. The van der Waals surface area contributed by atoms with Crippen LogP contribution in [0.15, 0.2) is 18.2 Å². The zero-order chi connectivity index (χ0) is 13.2. The molecule has 0 radical (unpaired) electrons. The molecule has 0 atom stereocenters. The first kappa shape index (κ1) is 13.7. The fourth-order valence-electron chi connectivity index (χ4n) is 2.42. The van der Waals surface area contributed by atoms with Crippen molar-refractivity contribution < 1.29 is 9.90 Å². The van der Waals surface area contributed by atoms with Gasteiger partial charge in [0.1, 0.15) is 0 Å². The zero-order valence-electron chi connectivity index (χ0n) is 9.88. The van der Waals surface area contributed by atoms with E-state index in [4.69, 9.17) is 23.2 Å². The van der Waals surface area contributed by atoms with Crippen molar-refractivity contribution >= 4 is 29.2 Å². The lowest BCUT2D eigenvalue weighted by Crippen LogP contribution is -2.43. The van der Waals surface area contributed by atoms with Crippen molar-refractivity contribution in [1.29, 1.82) is 0 Å². The predicted octanol–water partition coefficient (Wildman–Crippen LogP) is 2.99. The van der Waals surface area contributed by atoms with E-state index in [1.807, 2.05) is 6.07 Å². The maximum atomic E-state index is 11.6. The Kier molecular flexibility index (Phi) is 4.15. The van der Waals surface area contributed by atoms with Crippen LogP contribution in [0.5, 0.6) is 0 Å². The highest BCUT2D eigenvalue weighted by atomic mass is 35.5. The molecule has 5 heteroatoms. The van der Waals surface area contributed by atoms with E-state index in [9.17, 15) is 9.90 Å². The first-order chi connectivity index (χ1) is 8.55. The maximum absolute atomic E-state index is 11.6. The van der Waals surface area contributed by atoms with Gasteiger partial charge in [0, 0.05) is 0 Å². The summed E-state index contributed by atoms with van der Waals surface area (Å²) in [6.45, 7) is 1.45. The van der Waals surface area contributed by atoms with Crippen LogP contribution in [0.1, 0.15) is 18.4 Å². The predicted molar refractivity (Wildman–Crippen MR) is 72.3 cm³/mol. The van der Waals surface area contributed by atoms with Crippen LogP contribution >= 0.6 is 23.2 Å². The lowest BCUT2D eigenvalue weighted by molar-refractivity contribution is -0.150. The van der Waals surface area contributed by atoms with Crippen molar-refractivity contribution in [2.75, 3.05) is 13.1 Å². The van der Waals surface area contributed by atoms with E-state index < -0.39 is 11.4 Å². The molecular formula is C13H15Cl2NO2. The molecule has 98 valence electrons. The number of carboxylic acids is 1. The maximum Gasteiger partial charge on any atom is 0.310 e. The van der Waals surface area contributed by atoms with Crippen LogP contribution in [-0.4, -0.2) is 24.2 Å². The van der Waals surface area contributed by atoms with Gasteiger partial charge in [0.05, 0.1) is 15.5 Å². The van der Waals surface area contributed by atoms with E-state index in [2.05, 4.69) is 5.32 Å². The van der Waals surface area contributed by atoms with Crippen LogP contribution in [0.3, 0.4) is 0 Å². The molecule has 0 aromatic heterocycles. The molecule has 1 aliphatic heterocycles. The number of carbonyl (C=O) groups is 1. The molecule has 1 heterocycles. The molecule has 3 nitrogen and oxygen atoms in total. The Morgan fingerprint density at radius 2 is 2.00 bits per heavy atom. The summed E-state index contributed by atoms with van der Waals surface area (Å²) in [6.07, 6.45) is 1.67. The summed E-state index contributed by atoms with van der Waals surface area (Å²) in [5, 5.41) is 13.6. The summed E-state index contributed by atoms with van der Waals surface area (Å²) < 4.78 is 0. The summed E-state index contributed by atoms with van der Waals surface area (Å²) in [4.78, 5) is 11.6. The smallest absolute Gasteiger partial charge is 0.310 e. The standard InChI is InChI=1S/C13H15Cl2NO2/c14-10-3-1-2-9(11(10)15)8-13(12(17)18)4-6-16-7-5-13/h1-3,16H,4-8H2,(H,17,18). The van der Waals surface area contributed by atoms with Crippen molar-refractivity contribution in [3.05, 3.63) is 33.8 Å². The molecule has 0 aliphatic carbocycles. The van der Waals surface area contributed by atoms with Gasteiger partial charge in [-0.25, -0.2) is 0 Å². The van der Waals surface area contributed by atoms with E-state index in [-0.39, 0.29) is 0 Å². The molecule has 1 fully saturated rings. The topological polar surface area (TPSA) is 49.3 Å². The van der Waals surface area contributed by atoms with Crippen molar-refractivity contribution in [2.24, 2.45) is 5.41 Å². The Hall–Kier alpha value is -0.770. The fraction of sp³-hybridized carbons (Fsp3) is 0.462. The van der Waals surface area contributed by atoms with Gasteiger partial charge in [-0.05, 0) is 44.0 Å². The van der Waals surface area contributed by atoms with Gasteiger partial charge in [-0.3, -0.25) is 4.79 Å². The van der Waals surface area contributed by atoms with Gasteiger partial charge in [-0.1, -0.05) is 35.3 Å². The number of aliphatic carboxylic acids is 1. The molecule has 2 N–H and O–H groups in total. The molecule has 1 aromatic rings. The van der Waals surface area contributed by atoms with E-state index in [1.165, 1.54) is 0 Å². The lowest BCUT2D eigenvalue weighted by Gasteiger charge is -2.34. The van der Waals surface area contributed by atoms with Gasteiger partial charge in [0.25, 0.3) is 0 Å². The number of nitrogens with one attached hydrogen (secondary N) is 1. The number of rotatable bonds is 3. The quantitative estimate of drug-likeness (QED) is 0.899. The largest absolute Gasteiger partial charge is 0.481 e. The summed E-state index contributed by atoms with van der Waals surface area (Å²) in [7, 11) is 0. The Morgan fingerprint density at radius 1 is 1.33 bits per heavy atom. The molecular weight excluding hydrogens is 273 g/mol. The SMILES string of the molecule is O=C(O)C1(Cc2cccc(Cl)c2Cl)CCNCC1. The van der Waals surface area contributed by atoms with E-state index in [0.717, 1.165) is 18.7 Å². The van der Waals surface area contributed by atoms with E-state index in [0.29, 0.717) is 29.3 Å². The second-order valence-electron chi connectivity index (χ2n) is 4.73. The van der Waals surface area contributed by atoms with Crippen molar-refractivity contribution in [2.45, 2.75) is 19.3 Å². The Bertz CT molecular complexity index is 456. The molecule has 1 aromatic carbocycles. The Labute approximate surface area is 116 Å². The van der Waals surface area contributed by atoms with Crippen LogP contribution in [0.4, 0.5) is 0 Å². The molecule has 18 heavy (non-hydrogen) atoms. The number of carboxylic acid groups (broad SMARTS) is 1. The van der Waals surface area contributed by atoms with Crippen LogP contribution in [0.2, 0.25) is 10.0 Å². The summed E-state index contributed by atoms with van der Waals surface area (Å²) in [6, 6.07) is 5.37. The van der Waals surface area contributed by atoms with Gasteiger partial charge in [-0.15, -0.1) is 0 Å². The minimum Gasteiger partial charge on any atom is -0.481 e. The van der Waals surface area contributed by atoms with Crippen LogP contribution in [-0.2, 0) is 11.2 Å². The third-order valence-corrected chi connectivity index (χ3v) is 4.43. The third-order valence-electron chi connectivity index (χ3n) is 3.57. The third kappa shape index (κ3) is 2.63. The highest BCUT2D eigenvalue weighted by Crippen LogP contribution is 2.37. The average Bonchev–Trinajstić information content (AvgIpc) is 2.36. The van der Waals surface area contributed by atoms with Crippen LogP contribution in [0.25, 0.3) is 0 Å². The van der Waals surface area contributed by atoms with Gasteiger partial charge < -0.3 is 10.4 Å². The lowest BCUT2D eigenvalue weighted by atomic mass is 9.74. The first-order valence-corrected chi connectivity index (χ1v) is 6.68. The van der Waals surface area contributed by atoms with Crippen molar-refractivity contribution in [1.82, 2.24) is 5.32 Å². The summed E-state index contributed by atoms with van der Waals surface area (Å²) >= 11 is 12.1. The van der Waals surface area contributed by atoms with E-state index >= 15 is 0 Å². The van der Waals surface area contributed by atoms with Gasteiger partial charge >= 0.3 is 5.97 Å². The van der Waals surface area contributed by atoms with Gasteiger partial charge in [0.15, 0.2) is 0 Å². The molecule has 0 spiro atoms. The minimum absolute atomic E-state index is 0.434. The van der Waals surface area contributed by atoms with Crippen LogP contribution in [0, 0.1) is 5.41 Å². The minimum atomic E-state index is -0.750. The molecule has 2 rings (SSSR count). The number of hydrogen-bond donors (Lipinski definition) is 2. The Balaban J connectivity index is 2.29. The van der Waals surface area contributed by atoms with Crippen molar-refractivity contribution in [3.63, 3.8) is 0 Å². The number of hydrogen-bond acceptors (Lipinski definition) is 2. The molecule has 1 aliphatic rings. The van der Waals surface area contributed by atoms with E-state index in [1.54, 1.807) is 12.1 Å². The average molecular weight is 288 g/mol. The number of piperidine rings is 1. The molecule has 0 saturated carbocycles. The molecule has 0 unspecified atom stereocenters. The van der Waals surface area contributed by atoms with Crippen LogP contribution < -0.4 is 5.32 Å². The summed E-state index contributed by atoms with van der Waals surface area (Å²) in [5.74, 6) is -0.750. The Morgan fingerprint density at radius 3 is 2.61 bits per heavy atom. The molecule has 0 amide bonds. The first-order valence-electron chi connectivity index (χ1n) is 5.92. The fourth-order valence-corrected chi connectivity index (χ4v) is 2.81. The highest BCUT2D eigenvalue weighted by Gasteiger charge is 2.40. The zero-order valence-corrected chi connectivity index (χ0v) is 11.4. The number of halogens is 2. The van der Waals surface area contributed by atoms with Crippen molar-refractivity contribution in [3.8, 4) is 0 Å². The highest BCUT2D eigenvalue weighted by molar-refractivity contribution is 6.42. The number of benzene rings is 1. The monoisotopic (exact) mass is 287 g/mol. The molecule has 1 saturated heterocycles. The molecule has 0 bridgehead atoms. The second-order valence-corrected chi connectivity index (χ2v) is 5.51.